The van der Waals surface area contributed by atoms with Crippen molar-refractivity contribution < 1.29 is 13.9 Å². The first-order chi connectivity index (χ1) is 9.19. The lowest BCUT2D eigenvalue weighted by Gasteiger charge is -2.20. The Bertz CT molecular complexity index is 632. The quantitative estimate of drug-likeness (QED) is 0.844. The number of aryl methyl sites for hydroxylation is 1. The second-order valence-corrected chi connectivity index (χ2v) is 4.96. The Hall–Kier alpha value is -1.84. The summed E-state index contributed by atoms with van der Waals surface area (Å²) in [7, 11) is 0. The highest BCUT2D eigenvalue weighted by molar-refractivity contribution is 5.85. The summed E-state index contributed by atoms with van der Waals surface area (Å²) in [5.41, 5.74) is 3.14. The Morgan fingerprint density at radius 1 is 1.53 bits per heavy atom. The van der Waals surface area contributed by atoms with E-state index >= 15 is 0 Å². The lowest BCUT2D eigenvalue weighted by molar-refractivity contribution is -0.148. The van der Waals surface area contributed by atoms with Gasteiger partial charge < -0.3 is 9.72 Å². The maximum absolute atomic E-state index is 13.3. The predicted octanol–water partition coefficient (Wildman–Crippen LogP) is 2.98. The molecule has 2 aromatic rings. The molecule has 0 saturated carbocycles. The molecule has 3 rings (SSSR count). The summed E-state index contributed by atoms with van der Waals surface area (Å²) in [5, 5.41) is 0.942. The minimum Gasteiger partial charge on any atom is -0.466 e. The average Bonchev–Trinajstić information content (AvgIpc) is 2.76. The van der Waals surface area contributed by atoms with Crippen molar-refractivity contribution in [2.24, 2.45) is 5.92 Å². The molecule has 0 aliphatic heterocycles. The Balaban J connectivity index is 1.93. The van der Waals surface area contributed by atoms with Gasteiger partial charge in [-0.05, 0) is 43.5 Å². The molecular weight excluding hydrogens is 245 g/mol. The van der Waals surface area contributed by atoms with Gasteiger partial charge in [-0.3, -0.25) is 4.79 Å². The molecule has 1 aromatic carbocycles. The zero-order valence-electron chi connectivity index (χ0n) is 10.8. The van der Waals surface area contributed by atoms with Crippen LogP contribution >= 0.6 is 0 Å². The van der Waals surface area contributed by atoms with Crippen LogP contribution < -0.4 is 0 Å². The number of carbonyl (C=O) groups is 1. The van der Waals surface area contributed by atoms with Crippen LogP contribution in [0.25, 0.3) is 10.9 Å². The fraction of sp³-hybridized carbons (Fsp3) is 0.400. The standard InChI is InChI=1S/C15H16FNO2/c1-2-19-15(18)9-3-5-11-12-8-10(16)4-6-13(12)17-14(11)7-9/h4,6,8-9,17H,2-3,5,7H2,1H3. The molecule has 1 heterocycles. The van der Waals surface area contributed by atoms with Crippen molar-refractivity contribution in [3.63, 3.8) is 0 Å². The zero-order valence-corrected chi connectivity index (χ0v) is 10.8. The molecule has 0 amide bonds. The normalized spacial score (nSPS) is 18.3. The maximum atomic E-state index is 13.3. The van der Waals surface area contributed by atoms with Crippen LogP contribution in [0.15, 0.2) is 18.2 Å². The minimum atomic E-state index is -0.221. The molecule has 1 aliphatic carbocycles. The first-order valence-corrected chi connectivity index (χ1v) is 6.64. The van der Waals surface area contributed by atoms with Crippen LogP contribution in [0.2, 0.25) is 0 Å². The summed E-state index contributed by atoms with van der Waals surface area (Å²) in [6.07, 6.45) is 2.22. The molecule has 1 unspecified atom stereocenters. The number of aromatic nitrogens is 1. The molecule has 0 saturated heterocycles. The molecule has 0 fully saturated rings. The summed E-state index contributed by atoms with van der Waals surface area (Å²) in [5.74, 6) is -0.426. The number of ether oxygens (including phenoxy) is 1. The third-order valence-electron chi connectivity index (χ3n) is 3.77. The Morgan fingerprint density at radius 2 is 2.37 bits per heavy atom. The first kappa shape index (κ1) is 12.2. The second kappa shape index (κ2) is 4.68. The Labute approximate surface area is 110 Å². The first-order valence-electron chi connectivity index (χ1n) is 6.64. The van der Waals surface area contributed by atoms with Gasteiger partial charge in [0.05, 0.1) is 12.5 Å². The molecule has 1 aromatic heterocycles. The Kier molecular flexibility index (Phi) is 3.01. The molecule has 1 aliphatic rings. The Morgan fingerprint density at radius 3 is 3.16 bits per heavy atom. The predicted molar refractivity (Wildman–Crippen MR) is 70.4 cm³/mol. The number of nitrogens with one attached hydrogen (secondary N) is 1. The number of hydrogen-bond donors (Lipinski definition) is 1. The zero-order chi connectivity index (χ0) is 13.4. The van der Waals surface area contributed by atoms with Crippen LogP contribution in [0.3, 0.4) is 0 Å². The number of benzene rings is 1. The van der Waals surface area contributed by atoms with Crippen molar-refractivity contribution >= 4 is 16.9 Å². The number of esters is 1. The number of rotatable bonds is 2. The van der Waals surface area contributed by atoms with Gasteiger partial charge in [0, 0.05) is 23.0 Å². The van der Waals surface area contributed by atoms with Gasteiger partial charge >= 0.3 is 5.97 Å². The van der Waals surface area contributed by atoms with Crippen molar-refractivity contribution in [1.29, 1.82) is 0 Å². The van der Waals surface area contributed by atoms with Crippen molar-refractivity contribution in [3.05, 3.63) is 35.3 Å². The highest BCUT2D eigenvalue weighted by Gasteiger charge is 2.28. The fourth-order valence-electron chi connectivity index (χ4n) is 2.86. The topological polar surface area (TPSA) is 42.1 Å². The number of H-pyrrole nitrogens is 1. The lowest BCUT2D eigenvalue weighted by atomic mass is 9.87. The van der Waals surface area contributed by atoms with Gasteiger partial charge in [0.15, 0.2) is 0 Å². The smallest absolute Gasteiger partial charge is 0.309 e. The van der Waals surface area contributed by atoms with E-state index in [0.29, 0.717) is 13.0 Å². The van der Waals surface area contributed by atoms with E-state index in [-0.39, 0.29) is 17.7 Å². The van der Waals surface area contributed by atoms with Crippen LogP contribution in [0.1, 0.15) is 24.6 Å². The van der Waals surface area contributed by atoms with Gasteiger partial charge in [0.25, 0.3) is 0 Å². The van der Waals surface area contributed by atoms with E-state index in [1.54, 1.807) is 12.1 Å². The van der Waals surface area contributed by atoms with E-state index in [1.165, 1.54) is 6.07 Å². The van der Waals surface area contributed by atoms with E-state index in [2.05, 4.69) is 4.98 Å². The summed E-state index contributed by atoms with van der Waals surface area (Å²) in [6, 6.07) is 4.77. The van der Waals surface area contributed by atoms with E-state index in [0.717, 1.165) is 35.0 Å². The van der Waals surface area contributed by atoms with E-state index in [9.17, 15) is 9.18 Å². The highest BCUT2D eigenvalue weighted by Crippen LogP contribution is 2.32. The number of fused-ring (bicyclic) bond motifs is 3. The minimum absolute atomic E-state index is 0.0784. The summed E-state index contributed by atoms with van der Waals surface area (Å²) >= 11 is 0. The summed E-state index contributed by atoms with van der Waals surface area (Å²) in [6.45, 7) is 2.23. The summed E-state index contributed by atoms with van der Waals surface area (Å²) in [4.78, 5) is 15.1. The molecule has 4 heteroatoms. The van der Waals surface area contributed by atoms with Crippen molar-refractivity contribution in [1.82, 2.24) is 4.98 Å². The largest absolute Gasteiger partial charge is 0.466 e. The van der Waals surface area contributed by atoms with Crippen LogP contribution in [0.4, 0.5) is 4.39 Å². The molecular formula is C15H16FNO2. The van der Waals surface area contributed by atoms with Gasteiger partial charge in [0.2, 0.25) is 0 Å². The van der Waals surface area contributed by atoms with E-state index < -0.39 is 0 Å². The van der Waals surface area contributed by atoms with Gasteiger partial charge in [-0.25, -0.2) is 4.39 Å². The number of carbonyl (C=O) groups excluding carboxylic acids is 1. The number of hydrogen-bond acceptors (Lipinski definition) is 2. The molecule has 0 bridgehead atoms. The van der Waals surface area contributed by atoms with Crippen molar-refractivity contribution in [2.45, 2.75) is 26.2 Å². The SMILES string of the molecule is CCOC(=O)C1CCc2c([nH]c3ccc(F)cc23)C1. The third kappa shape index (κ3) is 2.11. The van der Waals surface area contributed by atoms with Gasteiger partial charge in [0.1, 0.15) is 5.82 Å². The molecule has 19 heavy (non-hydrogen) atoms. The van der Waals surface area contributed by atoms with E-state index in [4.69, 9.17) is 4.74 Å². The van der Waals surface area contributed by atoms with Gasteiger partial charge in [-0.15, -0.1) is 0 Å². The van der Waals surface area contributed by atoms with E-state index in [1.807, 2.05) is 6.92 Å². The molecule has 0 radical (unpaired) electrons. The number of aromatic amines is 1. The fourth-order valence-corrected chi connectivity index (χ4v) is 2.86. The van der Waals surface area contributed by atoms with Crippen molar-refractivity contribution in [2.75, 3.05) is 6.61 Å². The maximum Gasteiger partial charge on any atom is 0.309 e. The van der Waals surface area contributed by atoms with Gasteiger partial charge in [-0.1, -0.05) is 0 Å². The third-order valence-corrected chi connectivity index (χ3v) is 3.77. The molecule has 1 atom stereocenters. The van der Waals surface area contributed by atoms with Crippen LogP contribution in [0.5, 0.6) is 0 Å². The average molecular weight is 261 g/mol. The molecule has 100 valence electrons. The molecule has 0 spiro atoms. The van der Waals surface area contributed by atoms with Gasteiger partial charge in [-0.2, -0.15) is 0 Å². The molecule has 3 nitrogen and oxygen atoms in total. The highest BCUT2D eigenvalue weighted by atomic mass is 19.1. The van der Waals surface area contributed by atoms with Crippen molar-refractivity contribution in [3.8, 4) is 0 Å². The molecule has 1 N–H and O–H groups in total. The van der Waals surface area contributed by atoms with Crippen LogP contribution in [0, 0.1) is 11.7 Å². The summed E-state index contributed by atoms with van der Waals surface area (Å²) < 4.78 is 18.4. The number of halogens is 1. The van der Waals surface area contributed by atoms with Crippen LogP contribution in [-0.4, -0.2) is 17.6 Å². The lowest BCUT2D eigenvalue weighted by Crippen LogP contribution is -2.24. The van der Waals surface area contributed by atoms with Crippen LogP contribution in [-0.2, 0) is 22.4 Å². The second-order valence-electron chi connectivity index (χ2n) is 4.96. The monoisotopic (exact) mass is 261 g/mol.